The van der Waals surface area contributed by atoms with Gasteiger partial charge in [0.2, 0.25) is 10.0 Å². The fourth-order valence-corrected chi connectivity index (χ4v) is 1.99. The molecule has 20 heavy (non-hydrogen) atoms. The Balaban J connectivity index is 4.09. The third-order valence-corrected chi connectivity index (χ3v) is 2.92. The van der Waals surface area contributed by atoms with Gasteiger partial charge in [0.05, 0.1) is 6.26 Å². The molecule has 0 aliphatic heterocycles. The summed E-state index contributed by atoms with van der Waals surface area (Å²) in [6.07, 6.45) is 1.49. The van der Waals surface area contributed by atoms with Crippen molar-refractivity contribution in [3.63, 3.8) is 0 Å². The van der Waals surface area contributed by atoms with Gasteiger partial charge in [0.25, 0.3) is 0 Å². The molecule has 0 radical (unpaired) electrons. The topological polar surface area (TPSA) is 116 Å². The first kappa shape index (κ1) is 18.7. The average Bonchev–Trinajstić information content (AvgIpc) is 2.24. The number of hydrogen-bond donors (Lipinski definition) is 3. The quantitative estimate of drug-likeness (QED) is 0.505. The second kappa shape index (κ2) is 8.75. The van der Waals surface area contributed by atoms with Crippen LogP contribution in [0.1, 0.15) is 20.3 Å². The number of urea groups is 1. The van der Waals surface area contributed by atoms with Gasteiger partial charge in [0.15, 0.2) is 0 Å². The number of aliphatic carboxylic acids is 1. The Morgan fingerprint density at radius 2 is 1.85 bits per heavy atom. The van der Waals surface area contributed by atoms with Crippen molar-refractivity contribution in [3.05, 3.63) is 0 Å². The number of carbonyl (C=O) groups is 2. The average molecular weight is 309 g/mol. The molecular formula is C11H23N3O5S. The lowest BCUT2D eigenvalue weighted by Crippen LogP contribution is -2.45. The number of carboxylic acid groups (broad SMARTS) is 1. The van der Waals surface area contributed by atoms with Gasteiger partial charge in [-0.2, -0.15) is 0 Å². The van der Waals surface area contributed by atoms with E-state index in [1.54, 1.807) is 0 Å². The lowest BCUT2D eigenvalue weighted by Gasteiger charge is -2.23. The molecule has 0 saturated carbocycles. The number of nitrogens with zero attached hydrogens (tertiary/aromatic N) is 1. The van der Waals surface area contributed by atoms with E-state index >= 15 is 0 Å². The highest BCUT2D eigenvalue weighted by atomic mass is 32.2. The van der Waals surface area contributed by atoms with Crippen molar-refractivity contribution in [1.29, 1.82) is 0 Å². The van der Waals surface area contributed by atoms with E-state index in [-0.39, 0.29) is 25.6 Å². The summed E-state index contributed by atoms with van der Waals surface area (Å²) in [6, 6.07) is -0.458. The molecule has 2 amide bonds. The van der Waals surface area contributed by atoms with Gasteiger partial charge in [-0.25, -0.2) is 17.9 Å². The normalized spacial score (nSPS) is 11.4. The molecule has 9 heteroatoms. The Labute approximate surface area is 119 Å². The van der Waals surface area contributed by atoms with Gasteiger partial charge >= 0.3 is 12.0 Å². The lowest BCUT2D eigenvalue weighted by molar-refractivity contribution is -0.137. The highest BCUT2D eigenvalue weighted by Crippen LogP contribution is 1.99. The first-order valence-electron chi connectivity index (χ1n) is 6.31. The van der Waals surface area contributed by atoms with Crippen LogP contribution in [0.15, 0.2) is 0 Å². The molecular weight excluding hydrogens is 286 g/mol. The van der Waals surface area contributed by atoms with E-state index in [0.29, 0.717) is 13.0 Å². The van der Waals surface area contributed by atoms with Gasteiger partial charge in [0.1, 0.15) is 6.54 Å². The van der Waals surface area contributed by atoms with E-state index < -0.39 is 22.0 Å². The third kappa shape index (κ3) is 10.6. The number of hydrogen-bond acceptors (Lipinski definition) is 4. The maximum atomic E-state index is 11.8. The smallest absolute Gasteiger partial charge is 0.323 e. The van der Waals surface area contributed by atoms with E-state index in [1.165, 1.54) is 4.90 Å². The monoisotopic (exact) mass is 309 g/mol. The van der Waals surface area contributed by atoms with Gasteiger partial charge in [-0.3, -0.25) is 4.79 Å². The summed E-state index contributed by atoms with van der Waals surface area (Å²) in [6.45, 7) is 4.26. The molecule has 0 saturated heterocycles. The van der Waals surface area contributed by atoms with Crippen LogP contribution in [0.3, 0.4) is 0 Å². The first-order valence-corrected chi connectivity index (χ1v) is 8.20. The Hall–Kier alpha value is -1.35. The molecule has 0 atom stereocenters. The van der Waals surface area contributed by atoms with Crippen LogP contribution in [-0.2, 0) is 14.8 Å². The second-order valence-electron chi connectivity index (χ2n) is 4.92. The fraction of sp³-hybridized carbons (Fsp3) is 0.818. The van der Waals surface area contributed by atoms with Crippen LogP contribution in [0.5, 0.6) is 0 Å². The van der Waals surface area contributed by atoms with E-state index in [4.69, 9.17) is 5.11 Å². The Morgan fingerprint density at radius 1 is 1.25 bits per heavy atom. The summed E-state index contributed by atoms with van der Waals surface area (Å²) < 4.78 is 23.9. The van der Waals surface area contributed by atoms with Crippen molar-refractivity contribution in [3.8, 4) is 0 Å². The molecule has 0 aromatic carbocycles. The van der Waals surface area contributed by atoms with Crippen LogP contribution in [0.4, 0.5) is 4.79 Å². The molecule has 0 rings (SSSR count). The molecule has 3 N–H and O–H groups in total. The maximum Gasteiger partial charge on any atom is 0.323 e. The third-order valence-electron chi connectivity index (χ3n) is 2.19. The summed E-state index contributed by atoms with van der Waals surface area (Å²) in [4.78, 5) is 23.7. The zero-order chi connectivity index (χ0) is 15.8. The van der Waals surface area contributed by atoms with Gasteiger partial charge in [-0.1, -0.05) is 13.8 Å². The van der Waals surface area contributed by atoms with Crippen LogP contribution >= 0.6 is 0 Å². The van der Waals surface area contributed by atoms with Crippen molar-refractivity contribution >= 4 is 22.0 Å². The predicted molar refractivity (Wildman–Crippen MR) is 74.9 cm³/mol. The van der Waals surface area contributed by atoms with Crippen molar-refractivity contribution in [2.24, 2.45) is 5.92 Å². The Bertz CT molecular complexity index is 422. The molecule has 0 bridgehead atoms. The molecule has 0 heterocycles. The summed E-state index contributed by atoms with van der Waals surface area (Å²) in [5.41, 5.74) is 0. The Morgan fingerprint density at radius 3 is 2.30 bits per heavy atom. The minimum absolute atomic E-state index is 0.159. The predicted octanol–water partition coefficient (Wildman–Crippen LogP) is -0.322. The van der Waals surface area contributed by atoms with Crippen LogP contribution in [0.25, 0.3) is 0 Å². The molecule has 8 nitrogen and oxygen atoms in total. The number of amides is 2. The van der Waals surface area contributed by atoms with Crippen molar-refractivity contribution in [2.45, 2.75) is 20.3 Å². The summed E-state index contributed by atoms with van der Waals surface area (Å²) in [7, 11) is -3.22. The summed E-state index contributed by atoms with van der Waals surface area (Å²) in [5, 5.41) is 11.3. The lowest BCUT2D eigenvalue weighted by atomic mass is 10.2. The van der Waals surface area contributed by atoms with Gasteiger partial charge in [-0.05, 0) is 12.3 Å². The fourth-order valence-electron chi connectivity index (χ4n) is 1.48. The molecule has 0 aromatic heterocycles. The van der Waals surface area contributed by atoms with Gasteiger partial charge in [-0.15, -0.1) is 0 Å². The molecule has 0 aliphatic rings. The number of sulfonamides is 1. The SMILES string of the molecule is CC(C)CN(CC(=O)O)C(=O)NCCCNS(C)(=O)=O. The number of nitrogens with one attached hydrogen (secondary N) is 2. The maximum absolute atomic E-state index is 11.8. The number of rotatable bonds is 9. The molecule has 0 fully saturated rings. The zero-order valence-corrected chi connectivity index (χ0v) is 12.9. The van der Waals surface area contributed by atoms with Crippen LogP contribution in [-0.4, -0.2) is 62.9 Å². The largest absolute Gasteiger partial charge is 0.480 e. The van der Waals surface area contributed by atoms with Crippen LogP contribution in [0, 0.1) is 5.92 Å². The van der Waals surface area contributed by atoms with E-state index in [2.05, 4.69) is 10.0 Å². The van der Waals surface area contributed by atoms with Crippen molar-refractivity contribution in [2.75, 3.05) is 32.4 Å². The van der Waals surface area contributed by atoms with Crippen molar-refractivity contribution < 1.29 is 23.1 Å². The Kier molecular flexibility index (Phi) is 8.16. The van der Waals surface area contributed by atoms with Crippen LogP contribution < -0.4 is 10.0 Å². The summed E-state index contributed by atoms with van der Waals surface area (Å²) >= 11 is 0. The van der Waals surface area contributed by atoms with E-state index in [0.717, 1.165) is 6.26 Å². The molecule has 118 valence electrons. The summed E-state index contributed by atoms with van der Waals surface area (Å²) in [5.74, 6) is -0.911. The molecule has 0 spiro atoms. The van der Waals surface area contributed by atoms with Gasteiger partial charge < -0.3 is 15.3 Å². The van der Waals surface area contributed by atoms with E-state index in [1.807, 2.05) is 13.8 Å². The number of carbonyl (C=O) groups excluding carboxylic acids is 1. The van der Waals surface area contributed by atoms with E-state index in [9.17, 15) is 18.0 Å². The highest BCUT2D eigenvalue weighted by molar-refractivity contribution is 7.88. The second-order valence-corrected chi connectivity index (χ2v) is 6.75. The minimum atomic E-state index is -3.22. The van der Waals surface area contributed by atoms with Crippen LogP contribution in [0.2, 0.25) is 0 Å². The highest BCUT2D eigenvalue weighted by Gasteiger charge is 2.17. The van der Waals surface area contributed by atoms with Crippen molar-refractivity contribution in [1.82, 2.24) is 14.9 Å². The molecule has 0 aromatic rings. The first-order chi connectivity index (χ1) is 9.11. The molecule has 0 unspecified atom stereocenters. The minimum Gasteiger partial charge on any atom is -0.480 e. The zero-order valence-electron chi connectivity index (χ0n) is 12.0. The number of carboxylic acids is 1. The standard InChI is InChI=1S/C11H23N3O5S/c1-9(2)7-14(8-10(15)16)11(17)12-5-4-6-13-20(3,18)19/h9,13H,4-8H2,1-3H3,(H,12,17)(H,15,16). The van der Waals surface area contributed by atoms with Gasteiger partial charge in [0, 0.05) is 19.6 Å². The molecule has 0 aliphatic carbocycles.